The van der Waals surface area contributed by atoms with Crippen molar-refractivity contribution in [2.45, 2.75) is 39.5 Å². The van der Waals surface area contributed by atoms with Gasteiger partial charge in [-0.15, -0.1) is 0 Å². The van der Waals surface area contributed by atoms with Crippen LogP contribution in [0.3, 0.4) is 0 Å². The maximum atomic E-state index is 5.70. The molecule has 1 aromatic rings. The molecule has 12 heavy (non-hydrogen) atoms. The lowest BCUT2D eigenvalue weighted by molar-refractivity contribution is 0.695. The van der Waals surface area contributed by atoms with Crippen molar-refractivity contribution in [2.75, 3.05) is 5.73 Å². The van der Waals surface area contributed by atoms with Crippen molar-refractivity contribution in [2.24, 2.45) is 0 Å². The van der Waals surface area contributed by atoms with E-state index in [0.717, 1.165) is 12.8 Å². The van der Waals surface area contributed by atoms with Crippen molar-refractivity contribution < 1.29 is 0 Å². The number of hydrogen-bond acceptors (Lipinski definition) is 2. The predicted molar refractivity (Wildman–Crippen MR) is 51.1 cm³/mol. The Kier molecular flexibility index (Phi) is 2.74. The average molecular weight is 167 g/mol. The van der Waals surface area contributed by atoms with E-state index in [9.17, 15) is 0 Å². The number of H-pyrrole nitrogens is 1. The van der Waals surface area contributed by atoms with E-state index in [0.29, 0.717) is 11.7 Å². The molecule has 0 aliphatic rings. The summed E-state index contributed by atoms with van der Waals surface area (Å²) in [7, 11) is 0. The summed E-state index contributed by atoms with van der Waals surface area (Å²) in [6.07, 6.45) is 2.08. The minimum Gasteiger partial charge on any atom is -0.382 e. The van der Waals surface area contributed by atoms with Gasteiger partial charge >= 0.3 is 0 Å². The van der Waals surface area contributed by atoms with Crippen LogP contribution < -0.4 is 5.73 Å². The third-order valence-corrected chi connectivity index (χ3v) is 2.39. The summed E-state index contributed by atoms with van der Waals surface area (Å²) in [6.45, 7) is 6.46. The second kappa shape index (κ2) is 3.61. The molecule has 0 aliphatic carbocycles. The second-order valence-electron chi connectivity index (χ2n) is 3.16. The number of anilines is 1. The van der Waals surface area contributed by atoms with Gasteiger partial charge in [-0.2, -0.15) is 5.10 Å². The second-order valence-corrected chi connectivity index (χ2v) is 3.16. The Morgan fingerprint density at radius 1 is 1.50 bits per heavy atom. The molecule has 0 spiro atoms. The first-order valence-electron chi connectivity index (χ1n) is 4.53. The highest BCUT2D eigenvalue weighted by Crippen LogP contribution is 2.24. The summed E-state index contributed by atoms with van der Waals surface area (Å²) < 4.78 is 0. The maximum Gasteiger partial charge on any atom is 0.148 e. The van der Waals surface area contributed by atoms with Gasteiger partial charge in [-0.1, -0.05) is 20.8 Å². The van der Waals surface area contributed by atoms with Gasteiger partial charge in [0, 0.05) is 11.3 Å². The summed E-state index contributed by atoms with van der Waals surface area (Å²) in [5.41, 5.74) is 8.09. The molecule has 68 valence electrons. The normalized spacial score (nSPS) is 13.2. The van der Waals surface area contributed by atoms with Crippen LogP contribution in [0, 0.1) is 0 Å². The highest BCUT2D eigenvalue weighted by atomic mass is 15.2. The Morgan fingerprint density at radius 2 is 2.17 bits per heavy atom. The number of nitrogen functional groups attached to an aromatic ring is 1. The zero-order chi connectivity index (χ0) is 9.14. The number of aromatic nitrogens is 2. The highest BCUT2D eigenvalue weighted by Gasteiger charge is 2.13. The summed E-state index contributed by atoms with van der Waals surface area (Å²) >= 11 is 0. The van der Waals surface area contributed by atoms with Crippen LogP contribution >= 0.6 is 0 Å². The van der Waals surface area contributed by atoms with Crippen LogP contribution in [0.5, 0.6) is 0 Å². The topological polar surface area (TPSA) is 54.7 Å². The molecule has 0 aromatic carbocycles. The van der Waals surface area contributed by atoms with E-state index in [-0.39, 0.29) is 0 Å². The van der Waals surface area contributed by atoms with Crippen LogP contribution in [0.4, 0.5) is 5.82 Å². The van der Waals surface area contributed by atoms with Gasteiger partial charge in [0.05, 0.1) is 0 Å². The van der Waals surface area contributed by atoms with Crippen LogP contribution in [-0.4, -0.2) is 10.2 Å². The number of rotatable bonds is 3. The summed E-state index contributed by atoms with van der Waals surface area (Å²) in [5.74, 6) is 1.19. The summed E-state index contributed by atoms with van der Waals surface area (Å²) in [4.78, 5) is 0. The zero-order valence-corrected chi connectivity index (χ0v) is 8.02. The molecule has 0 saturated heterocycles. The maximum absolute atomic E-state index is 5.70. The zero-order valence-electron chi connectivity index (χ0n) is 8.02. The first-order valence-corrected chi connectivity index (χ1v) is 4.53. The molecule has 0 aliphatic heterocycles. The van der Waals surface area contributed by atoms with Crippen LogP contribution in [0.15, 0.2) is 0 Å². The molecule has 1 unspecified atom stereocenters. The minimum atomic E-state index is 0.532. The van der Waals surface area contributed by atoms with Gasteiger partial charge in [0.2, 0.25) is 0 Å². The molecular formula is C9H17N3. The van der Waals surface area contributed by atoms with Crippen molar-refractivity contribution >= 4 is 5.82 Å². The molecule has 1 atom stereocenters. The van der Waals surface area contributed by atoms with Crippen molar-refractivity contribution in [1.82, 2.24) is 10.2 Å². The fraction of sp³-hybridized carbons (Fsp3) is 0.667. The molecule has 1 rings (SSSR count). The van der Waals surface area contributed by atoms with Crippen LogP contribution in [-0.2, 0) is 6.42 Å². The molecule has 0 amide bonds. The molecular weight excluding hydrogens is 150 g/mol. The minimum absolute atomic E-state index is 0.532. The fourth-order valence-corrected chi connectivity index (χ4v) is 1.38. The number of nitrogens with one attached hydrogen (secondary N) is 1. The van der Waals surface area contributed by atoms with E-state index in [2.05, 4.69) is 31.0 Å². The lowest BCUT2D eigenvalue weighted by Gasteiger charge is -2.07. The van der Waals surface area contributed by atoms with Gasteiger partial charge in [0.15, 0.2) is 0 Å². The molecule has 1 aromatic heterocycles. The van der Waals surface area contributed by atoms with Gasteiger partial charge in [-0.25, -0.2) is 0 Å². The standard InChI is InChI=1S/C9H17N3/c1-4-6(3)8-7(5-2)9(10)12-11-8/h6H,4-5H2,1-3H3,(H3,10,11,12). The van der Waals surface area contributed by atoms with Crippen LogP contribution in [0.25, 0.3) is 0 Å². The fourth-order valence-electron chi connectivity index (χ4n) is 1.38. The van der Waals surface area contributed by atoms with E-state index >= 15 is 0 Å². The molecule has 0 fully saturated rings. The lowest BCUT2D eigenvalue weighted by atomic mass is 10.00. The molecule has 3 N–H and O–H groups in total. The van der Waals surface area contributed by atoms with Gasteiger partial charge in [0.25, 0.3) is 0 Å². The quantitative estimate of drug-likeness (QED) is 0.724. The van der Waals surface area contributed by atoms with Gasteiger partial charge in [-0.3, -0.25) is 5.10 Å². The van der Waals surface area contributed by atoms with Gasteiger partial charge in [0.1, 0.15) is 5.82 Å². The van der Waals surface area contributed by atoms with Crippen molar-refractivity contribution in [3.05, 3.63) is 11.3 Å². The van der Waals surface area contributed by atoms with Gasteiger partial charge < -0.3 is 5.73 Å². The van der Waals surface area contributed by atoms with Crippen LogP contribution in [0.2, 0.25) is 0 Å². The van der Waals surface area contributed by atoms with Crippen molar-refractivity contribution in [1.29, 1.82) is 0 Å². The van der Waals surface area contributed by atoms with E-state index in [1.807, 2.05) is 0 Å². The first kappa shape index (κ1) is 9.10. The molecule has 3 heteroatoms. The molecule has 0 bridgehead atoms. The number of hydrogen-bond donors (Lipinski definition) is 2. The average Bonchev–Trinajstić information content (AvgIpc) is 2.45. The molecule has 1 heterocycles. The largest absolute Gasteiger partial charge is 0.382 e. The Morgan fingerprint density at radius 3 is 2.67 bits per heavy atom. The number of aromatic amines is 1. The number of nitrogens with two attached hydrogens (primary N) is 1. The molecule has 0 saturated carbocycles. The van der Waals surface area contributed by atoms with Crippen molar-refractivity contribution in [3.63, 3.8) is 0 Å². The van der Waals surface area contributed by atoms with Crippen molar-refractivity contribution in [3.8, 4) is 0 Å². The highest BCUT2D eigenvalue weighted by molar-refractivity contribution is 5.43. The molecule has 3 nitrogen and oxygen atoms in total. The molecule has 0 radical (unpaired) electrons. The van der Waals surface area contributed by atoms with Gasteiger partial charge in [-0.05, 0) is 18.8 Å². The Hall–Kier alpha value is -0.990. The predicted octanol–water partition coefficient (Wildman–Crippen LogP) is 2.07. The Bertz CT molecular complexity index is 252. The Labute approximate surface area is 73.4 Å². The third-order valence-electron chi connectivity index (χ3n) is 2.39. The summed E-state index contributed by atoms with van der Waals surface area (Å²) in [6, 6.07) is 0. The van der Waals surface area contributed by atoms with E-state index < -0.39 is 0 Å². The van der Waals surface area contributed by atoms with E-state index in [1.54, 1.807) is 0 Å². The Balaban J connectivity index is 2.98. The first-order chi connectivity index (χ1) is 5.70. The van der Waals surface area contributed by atoms with E-state index in [4.69, 9.17) is 5.73 Å². The smallest absolute Gasteiger partial charge is 0.148 e. The third kappa shape index (κ3) is 1.44. The SMILES string of the molecule is CCc1c(N)n[nH]c1C(C)CC. The van der Waals surface area contributed by atoms with E-state index in [1.165, 1.54) is 11.3 Å². The van der Waals surface area contributed by atoms with Crippen LogP contribution in [0.1, 0.15) is 44.4 Å². The summed E-state index contributed by atoms with van der Waals surface area (Å²) in [5, 5.41) is 7.01. The monoisotopic (exact) mass is 167 g/mol. The lowest BCUT2D eigenvalue weighted by Crippen LogP contribution is -1.97. The number of nitrogens with zero attached hydrogens (tertiary/aromatic N) is 1.